The molecule has 1 heterocycles. The maximum atomic E-state index is 10.1. The maximum Gasteiger partial charge on any atom is 0.148 e. The molecular formula is C12H23N5O. The Bertz CT molecular complexity index is 381. The monoisotopic (exact) mass is 253 g/mol. The number of nitrogen functional groups attached to an aromatic ring is 1. The number of nitrogens with one attached hydrogen (secondary N) is 2. The Morgan fingerprint density at radius 3 is 2.56 bits per heavy atom. The minimum atomic E-state index is -0.735. The maximum absolute atomic E-state index is 10.1. The first-order valence-corrected chi connectivity index (χ1v) is 6.30. The average molecular weight is 253 g/mol. The Balaban J connectivity index is 2.78. The SMILES string of the molecule is CCCC(C)(O)CNc1ncnc(NN)c1CC. The molecule has 1 aromatic rings. The van der Waals surface area contributed by atoms with Crippen LogP contribution in [0.4, 0.5) is 11.6 Å². The first-order valence-electron chi connectivity index (χ1n) is 6.30. The minimum Gasteiger partial charge on any atom is -0.388 e. The van der Waals surface area contributed by atoms with E-state index in [0.29, 0.717) is 12.4 Å². The van der Waals surface area contributed by atoms with Gasteiger partial charge in [-0.25, -0.2) is 15.8 Å². The van der Waals surface area contributed by atoms with E-state index in [4.69, 9.17) is 5.84 Å². The molecular weight excluding hydrogens is 230 g/mol. The summed E-state index contributed by atoms with van der Waals surface area (Å²) in [7, 11) is 0. The van der Waals surface area contributed by atoms with Gasteiger partial charge in [0.05, 0.1) is 5.60 Å². The van der Waals surface area contributed by atoms with E-state index in [1.807, 2.05) is 20.8 Å². The highest BCUT2D eigenvalue weighted by Gasteiger charge is 2.19. The number of aromatic nitrogens is 2. The fourth-order valence-corrected chi connectivity index (χ4v) is 1.93. The third kappa shape index (κ3) is 3.82. The molecule has 102 valence electrons. The van der Waals surface area contributed by atoms with Crippen LogP contribution < -0.4 is 16.6 Å². The molecule has 6 nitrogen and oxygen atoms in total. The van der Waals surface area contributed by atoms with E-state index in [1.54, 1.807) is 0 Å². The van der Waals surface area contributed by atoms with Gasteiger partial charge in [0.25, 0.3) is 0 Å². The van der Waals surface area contributed by atoms with Crippen molar-refractivity contribution in [1.82, 2.24) is 9.97 Å². The molecule has 1 rings (SSSR count). The summed E-state index contributed by atoms with van der Waals surface area (Å²) in [6.45, 7) is 6.33. The second-order valence-electron chi connectivity index (χ2n) is 4.65. The van der Waals surface area contributed by atoms with Crippen molar-refractivity contribution in [3.8, 4) is 0 Å². The third-order valence-electron chi connectivity index (χ3n) is 2.86. The molecule has 1 aromatic heterocycles. The number of anilines is 2. The normalized spacial score (nSPS) is 14.1. The van der Waals surface area contributed by atoms with Gasteiger partial charge >= 0.3 is 0 Å². The predicted octanol–water partition coefficient (Wildman–Crippen LogP) is 1.29. The number of rotatable bonds is 7. The van der Waals surface area contributed by atoms with Gasteiger partial charge < -0.3 is 15.8 Å². The lowest BCUT2D eigenvalue weighted by molar-refractivity contribution is 0.0636. The molecule has 0 amide bonds. The zero-order valence-corrected chi connectivity index (χ0v) is 11.3. The van der Waals surface area contributed by atoms with E-state index >= 15 is 0 Å². The van der Waals surface area contributed by atoms with Gasteiger partial charge in [-0.2, -0.15) is 0 Å². The molecule has 5 N–H and O–H groups in total. The van der Waals surface area contributed by atoms with Crippen molar-refractivity contribution >= 4 is 11.6 Å². The molecule has 0 radical (unpaired) electrons. The summed E-state index contributed by atoms with van der Waals surface area (Å²) in [6.07, 6.45) is 3.90. The Labute approximate surface area is 108 Å². The van der Waals surface area contributed by atoms with Crippen LogP contribution in [-0.4, -0.2) is 27.2 Å². The van der Waals surface area contributed by atoms with Crippen LogP contribution in [0, 0.1) is 0 Å². The number of nitrogens with zero attached hydrogens (tertiary/aromatic N) is 2. The van der Waals surface area contributed by atoms with Gasteiger partial charge in [0.1, 0.15) is 18.0 Å². The lowest BCUT2D eigenvalue weighted by Gasteiger charge is -2.24. The minimum absolute atomic E-state index is 0.453. The molecule has 0 bridgehead atoms. The van der Waals surface area contributed by atoms with Crippen molar-refractivity contribution in [3.05, 3.63) is 11.9 Å². The fourth-order valence-electron chi connectivity index (χ4n) is 1.93. The lowest BCUT2D eigenvalue weighted by Crippen LogP contribution is -2.33. The van der Waals surface area contributed by atoms with Gasteiger partial charge in [0, 0.05) is 12.1 Å². The highest BCUT2D eigenvalue weighted by Crippen LogP contribution is 2.21. The number of hydrogen-bond acceptors (Lipinski definition) is 6. The Morgan fingerprint density at radius 1 is 1.33 bits per heavy atom. The zero-order valence-electron chi connectivity index (χ0n) is 11.3. The summed E-state index contributed by atoms with van der Waals surface area (Å²) in [5.41, 5.74) is 2.74. The van der Waals surface area contributed by atoms with Gasteiger partial charge in [-0.1, -0.05) is 20.3 Å². The summed E-state index contributed by atoms with van der Waals surface area (Å²) >= 11 is 0. The Hall–Kier alpha value is -1.40. The van der Waals surface area contributed by atoms with E-state index in [9.17, 15) is 5.11 Å². The first-order chi connectivity index (χ1) is 8.54. The summed E-state index contributed by atoms with van der Waals surface area (Å²) in [6, 6.07) is 0. The summed E-state index contributed by atoms with van der Waals surface area (Å²) in [5.74, 6) is 6.74. The number of hydrogen-bond donors (Lipinski definition) is 4. The first kappa shape index (κ1) is 14.7. The number of hydrazine groups is 1. The topological polar surface area (TPSA) is 96.1 Å². The molecule has 1 unspecified atom stereocenters. The van der Waals surface area contributed by atoms with Crippen LogP contribution in [0.25, 0.3) is 0 Å². The molecule has 0 saturated carbocycles. The molecule has 0 aliphatic rings. The van der Waals surface area contributed by atoms with E-state index in [1.165, 1.54) is 6.33 Å². The molecule has 0 saturated heterocycles. The summed E-state index contributed by atoms with van der Waals surface area (Å²) in [4.78, 5) is 8.25. The van der Waals surface area contributed by atoms with Crippen molar-refractivity contribution in [2.75, 3.05) is 17.3 Å². The summed E-state index contributed by atoms with van der Waals surface area (Å²) < 4.78 is 0. The van der Waals surface area contributed by atoms with Gasteiger partial charge in [-0.05, 0) is 19.8 Å². The summed E-state index contributed by atoms with van der Waals surface area (Å²) in [5, 5.41) is 13.3. The number of aliphatic hydroxyl groups is 1. The molecule has 0 aliphatic carbocycles. The highest BCUT2D eigenvalue weighted by atomic mass is 16.3. The quantitative estimate of drug-likeness (QED) is 0.432. The fraction of sp³-hybridized carbons (Fsp3) is 0.667. The van der Waals surface area contributed by atoms with Crippen LogP contribution in [0.2, 0.25) is 0 Å². The zero-order chi connectivity index (χ0) is 13.6. The van der Waals surface area contributed by atoms with E-state index in [0.717, 1.165) is 30.6 Å². The lowest BCUT2D eigenvalue weighted by atomic mass is 10.0. The molecule has 0 aliphatic heterocycles. The molecule has 0 fully saturated rings. The van der Waals surface area contributed by atoms with Crippen LogP contribution in [0.3, 0.4) is 0 Å². The van der Waals surface area contributed by atoms with Crippen molar-refractivity contribution in [2.24, 2.45) is 5.84 Å². The largest absolute Gasteiger partial charge is 0.388 e. The molecule has 18 heavy (non-hydrogen) atoms. The second kappa shape index (κ2) is 6.51. The highest BCUT2D eigenvalue weighted by molar-refractivity contribution is 5.56. The standard InChI is InChI=1S/C12H23N5O/c1-4-6-12(3,18)7-14-10-9(5-2)11(17-13)16-8-15-10/h8,18H,4-7,13H2,1-3H3,(H2,14,15,16,17). The molecule has 0 spiro atoms. The van der Waals surface area contributed by atoms with Crippen molar-refractivity contribution < 1.29 is 5.11 Å². The average Bonchev–Trinajstić information content (AvgIpc) is 2.35. The molecule has 6 heteroatoms. The van der Waals surface area contributed by atoms with Crippen LogP contribution in [-0.2, 0) is 6.42 Å². The van der Waals surface area contributed by atoms with Gasteiger partial charge in [-0.15, -0.1) is 0 Å². The van der Waals surface area contributed by atoms with E-state index < -0.39 is 5.60 Å². The van der Waals surface area contributed by atoms with Gasteiger partial charge in [0.15, 0.2) is 0 Å². The van der Waals surface area contributed by atoms with E-state index in [2.05, 4.69) is 20.7 Å². The van der Waals surface area contributed by atoms with Crippen molar-refractivity contribution in [3.63, 3.8) is 0 Å². The van der Waals surface area contributed by atoms with E-state index in [-0.39, 0.29) is 0 Å². The van der Waals surface area contributed by atoms with Crippen LogP contribution >= 0.6 is 0 Å². The Morgan fingerprint density at radius 2 is 2.00 bits per heavy atom. The van der Waals surface area contributed by atoms with Crippen LogP contribution in [0.5, 0.6) is 0 Å². The van der Waals surface area contributed by atoms with Crippen LogP contribution in [0.15, 0.2) is 6.33 Å². The smallest absolute Gasteiger partial charge is 0.148 e. The van der Waals surface area contributed by atoms with Gasteiger partial charge in [0.2, 0.25) is 0 Å². The van der Waals surface area contributed by atoms with Crippen molar-refractivity contribution in [2.45, 2.75) is 45.6 Å². The van der Waals surface area contributed by atoms with Crippen molar-refractivity contribution in [1.29, 1.82) is 0 Å². The van der Waals surface area contributed by atoms with Crippen LogP contribution in [0.1, 0.15) is 39.2 Å². The molecule has 1 atom stereocenters. The predicted molar refractivity (Wildman–Crippen MR) is 73.2 cm³/mol. The second-order valence-corrected chi connectivity index (χ2v) is 4.65. The Kier molecular flexibility index (Phi) is 5.30. The molecule has 0 aromatic carbocycles. The third-order valence-corrected chi connectivity index (χ3v) is 2.86. The van der Waals surface area contributed by atoms with Gasteiger partial charge in [-0.3, -0.25) is 0 Å². The number of nitrogens with two attached hydrogens (primary N) is 1.